The van der Waals surface area contributed by atoms with Crippen LogP contribution in [0.1, 0.15) is 16.2 Å². The smallest absolute Gasteiger partial charge is 0.394 e. The van der Waals surface area contributed by atoms with Crippen molar-refractivity contribution in [2.45, 2.75) is 6.61 Å². The van der Waals surface area contributed by atoms with Crippen molar-refractivity contribution in [3.8, 4) is 0 Å². The van der Waals surface area contributed by atoms with E-state index in [4.69, 9.17) is 9.52 Å². The zero-order chi connectivity index (χ0) is 10.8. The second-order valence-corrected chi connectivity index (χ2v) is 2.93. The first-order valence-electron chi connectivity index (χ1n) is 4.34. The lowest BCUT2D eigenvalue weighted by Crippen LogP contribution is -2.00. The molecular formula is C10H9NO4. The van der Waals surface area contributed by atoms with Crippen LogP contribution < -0.4 is 0 Å². The molecule has 78 valence electrons. The molecule has 0 unspecified atom stereocenters. The van der Waals surface area contributed by atoms with E-state index in [1.165, 1.54) is 7.11 Å². The summed E-state index contributed by atoms with van der Waals surface area (Å²) in [6.07, 6.45) is 0. The van der Waals surface area contributed by atoms with E-state index in [0.29, 0.717) is 16.7 Å². The molecule has 0 atom stereocenters. The zero-order valence-corrected chi connectivity index (χ0v) is 8.06. The summed E-state index contributed by atoms with van der Waals surface area (Å²) in [4.78, 5) is 15.1. The molecule has 15 heavy (non-hydrogen) atoms. The van der Waals surface area contributed by atoms with Crippen LogP contribution in [-0.2, 0) is 11.3 Å². The van der Waals surface area contributed by atoms with Crippen LogP contribution in [0.3, 0.4) is 0 Å². The minimum atomic E-state index is -0.630. The number of carbonyl (C=O) groups excluding carboxylic acids is 1. The molecule has 2 rings (SSSR count). The van der Waals surface area contributed by atoms with Gasteiger partial charge in [0.1, 0.15) is 5.52 Å². The third kappa shape index (κ3) is 1.57. The molecule has 0 spiro atoms. The molecule has 0 amide bonds. The largest absolute Gasteiger partial charge is 0.462 e. The maximum Gasteiger partial charge on any atom is 0.394 e. The second-order valence-electron chi connectivity index (χ2n) is 2.93. The Morgan fingerprint density at radius 3 is 3.07 bits per heavy atom. The van der Waals surface area contributed by atoms with Crippen LogP contribution >= 0.6 is 0 Å². The van der Waals surface area contributed by atoms with E-state index in [2.05, 4.69) is 9.72 Å². The summed E-state index contributed by atoms with van der Waals surface area (Å²) in [6.45, 7) is -0.160. The molecule has 1 heterocycles. The molecule has 0 aliphatic rings. The summed E-state index contributed by atoms with van der Waals surface area (Å²) in [5, 5.41) is 9.04. The molecule has 0 fully saturated rings. The number of para-hydroxylation sites is 1. The minimum absolute atomic E-state index is 0.103. The first kappa shape index (κ1) is 9.67. The molecule has 1 N–H and O–H groups in total. The highest BCUT2D eigenvalue weighted by Gasteiger charge is 2.15. The van der Waals surface area contributed by atoms with Crippen LogP contribution in [-0.4, -0.2) is 23.2 Å². The Morgan fingerprint density at radius 1 is 1.60 bits per heavy atom. The maximum absolute atomic E-state index is 11.1. The molecular weight excluding hydrogens is 198 g/mol. The van der Waals surface area contributed by atoms with E-state index in [-0.39, 0.29) is 12.5 Å². The van der Waals surface area contributed by atoms with Crippen LogP contribution in [0.2, 0.25) is 0 Å². The van der Waals surface area contributed by atoms with Crippen molar-refractivity contribution in [3.05, 3.63) is 29.7 Å². The SMILES string of the molecule is COC(=O)c1nc2cccc(CO)c2o1. The van der Waals surface area contributed by atoms with E-state index in [1.807, 2.05) is 0 Å². The van der Waals surface area contributed by atoms with Crippen molar-refractivity contribution >= 4 is 17.1 Å². The van der Waals surface area contributed by atoms with Crippen molar-refractivity contribution in [3.63, 3.8) is 0 Å². The summed E-state index contributed by atoms with van der Waals surface area (Å²) >= 11 is 0. The third-order valence-electron chi connectivity index (χ3n) is 2.03. The van der Waals surface area contributed by atoms with Crippen molar-refractivity contribution < 1.29 is 19.1 Å². The average Bonchev–Trinajstić information content (AvgIpc) is 2.71. The Hall–Kier alpha value is -1.88. The molecule has 5 heteroatoms. The Bertz CT molecular complexity index is 503. The van der Waals surface area contributed by atoms with Crippen LogP contribution in [0.25, 0.3) is 11.1 Å². The van der Waals surface area contributed by atoms with Gasteiger partial charge in [-0.05, 0) is 6.07 Å². The van der Waals surface area contributed by atoms with E-state index < -0.39 is 5.97 Å². The number of ether oxygens (including phenoxy) is 1. The lowest BCUT2D eigenvalue weighted by atomic mass is 10.2. The number of nitrogens with zero attached hydrogens (tertiary/aromatic N) is 1. The van der Waals surface area contributed by atoms with Crippen molar-refractivity contribution in [1.29, 1.82) is 0 Å². The van der Waals surface area contributed by atoms with Gasteiger partial charge in [0.05, 0.1) is 13.7 Å². The van der Waals surface area contributed by atoms with Crippen LogP contribution in [0, 0.1) is 0 Å². The molecule has 0 radical (unpaired) electrons. The van der Waals surface area contributed by atoms with Crippen molar-refractivity contribution in [1.82, 2.24) is 4.98 Å². The molecule has 5 nitrogen and oxygen atoms in total. The Balaban J connectivity index is 2.60. The summed E-state index contributed by atoms with van der Waals surface area (Å²) in [6, 6.07) is 5.14. The number of hydrogen-bond donors (Lipinski definition) is 1. The number of oxazole rings is 1. The number of aliphatic hydroxyl groups is 1. The van der Waals surface area contributed by atoms with Gasteiger partial charge in [-0.25, -0.2) is 9.78 Å². The average molecular weight is 207 g/mol. The lowest BCUT2D eigenvalue weighted by molar-refractivity contribution is 0.0558. The molecule has 1 aromatic heterocycles. The quantitative estimate of drug-likeness (QED) is 0.746. The molecule has 1 aromatic carbocycles. The molecule has 0 saturated carbocycles. The van der Waals surface area contributed by atoms with Gasteiger partial charge >= 0.3 is 11.9 Å². The number of hydrogen-bond acceptors (Lipinski definition) is 5. The van der Waals surface area contributed by atoms with E-state index in [0.717, 1.165) is 0 Å². The van der Waals surface area contributed by atoms with E-state index in [9.17, 15) is 4.79 Å². The zero-order valence-electron chi connectivity index (χ0n) is 8.06. The van der Waals surface area contributed by atoms with Gasteiger partial charge in [-0.1, -0.05) is 12.1 Å². The summed E-state index contributed by atoms with van der Waals surface area (Å²) in [7, 11) is 1.25. The maximum atomic E-state index is 11.1. The Labute approximate surface area is 85.3 Å². The van der Waals surface area contributed by atoms with Gasteiger partial charge in [0, 0.05) is 5.56 Å². The van der Waals surface area contributed by atoms with Gasteiger partial charge in [-0.3, -0.25) is 0 Å². The van der Waals surface area contributed by atoms with Gasteiger partial charge in [0.15, 0.2) is 5.58 Å². The normalized spacial score (nSPS) is 10.5. The molecule has 2 aromatic rings. The predicted molar refractivity (Wildman–Crippen MR) is 51.3 cm³/mol. The molecule has 0 aliphatic heterocycles. The first-order chi connectivity index (χ1) is 7.26. The van der Waals surface area contributed by atoms with Crippen LogP contribution in [0.15, 0.2) is 22.6 Å². The van der Waals surface area contributed by atoms with Gasteiger partial charge < -0.3 is 14.3 Å². The fraction of sp³-hybridized carbons (Fsp3) is 0.200. The summed E-state index contributed by atoms with van der Waals surface area (Å²) in [5.41, 5.74) is 1.54. The first-order valence-corrected chi connectivity index (χ1v) is 4.34. The lowest BCUT2D eigenvalue weighted by Gasteiger charge is -1.94. The number of benzene rings is 1. The molecule has 0 saturated heterocycles. The highest BCUT2D eigenvalue weighted by atomic mass is 16.5. The topological polar surface area (TPSA) is 72.6 Å². The number of rotatable bonds is 2. The summed E-state index contributed by atoms with van der Waals surface area (Å²) in [5.74, 6) is -0.733. The predicted octanol–water partition coefficient (Wildman–Crippen LogP) is 1.11. The number of esters is 1. The summed E-state index contributed by atoms with van der Waals surface area (Å²) < 4.78 is 9.68. The number of fused-ring (bicyclic) bond motifs is 1. The van der Waals surface area contributed by atoms with Crippen molar-refractivity contribution in [2.75, 3.05) is 7.11 Å². The number of carbonyl (C=O) groups is 1. The fourth-order valence-electron chi connectivity index (χ4n) is 1.31. The van der Waals surface area contributed by atoms with E-state index >= 15 is 0 Å². The van der Waals surface area contributed by atoms with Crippen LogP contribution in [0.5, 0.6) is 0 Å². The number of methoxy groups -OCH3 is 1. The second kappa shape index (κ2) is 3.70. The standard InChI is InChI=1S/C10H9NO4/c1-14-10(13)9-11-7-4-2-3-6(5-12)8(7)15-9/h2-4,12H,5H2,1H3. The van der Waals surface area contributed by atoms with Gasteiger partial charge in [-0.15, -0.1) is 0 Å². The van der Waals surface area contributed by atoms with Crippen LogP contribution in [0.4, 0.5) is 0 Å². The number of aliphatic hydroxyl groups excluding tert-OH is 1. The number of aromatic nitrogens is 1. The van der Waals surface area contributed by atoms with E-state index in [1.54, 1.807) is 18.2 Å². The monoisotopic (exact) mass is 207 g/mol. The molecule has 0 bridgehead atoms. The van der Waals surface area contributed by atoms with Crippen molar-refractivity contribution in [2.24, 2.45) is 0 Å². The fourth-order valence-corrected chi connectivity index (χ4v) is 1.31. The highest BCUT2D eigenvalue weighted by Crippen LogP contribution is 2.20. The van der Waals surface area contributed by atoms with Gasteiger partial charge in [-0.2, -0.15) is 0 Å². The Kier molecular flexibility index (Phi) is 2.39. The van der Waals surface area contributed by atoms with Gasteiger partial charge in [0.2, 0.25) is 0 Å². The Morgan fingerprint density at radius 2 is 2.40 bits per heavy atom. The highest BCUT2D eigenvalue weighted by molar-refractivity contribution is 5.88. The molecule has 0 aliphatic carbocycles. The minimum Gasteiger partial charge on any atom is -0.462 e. The third-order valence-corrected chi connectivity index (χ3v) is 2.03. The van der Waals surface area contributed by atoms with Gasteiger partial charge in [0.25, 0.3) is 0 Å².